The molecule has 0 aliphatic rings. The molecule has 110 valence electrons. The Kier molecular flexibility index (Phi) is 5.38. The molecule has 1 heterocycles. The monoisotopic (exact) mass is 268 g/mol. The van der Waals surface area contributed by atoms with Crippen LogP contribution in [0.4, 0.5) is 5.82 Å². The van der Waals surface area contributed by atoms with E-state index in [9.17, 15) is 5.11 Å². The van der Waals surface area contributed by atoms with E-state index in [1.54, 1.807) is 0 Å². The molecule has 2 N–H and O–H groups in total. The van der Waals surface area contributed by atoms with E-state index >= 15 is 0 Å². The number of hydrogen-bond donors (Lipinski definition) is 2. The Bertz CT molecular complexity index is 406. The Morgan fingerprint density at radius 1 is 1.37 bits per heavy atom. The predicted octanol–water partition coefficient (Wildman–Crippen LogP) is 1.44. The summed E-state index contributed by atoms with van der Waals surface area (Å²) in [5.41, 5.74) is 2.34. The van der Waals surface area contributed by atoms with Gasteiger partial charge in [-0.05, 0) is 34.6 Å². The van der Waals surface area contributed by atoms with Gasteiger partial charge in [-0.2, -0.15) is 5.10 Å². The van der Waals surface area contributed by atoms with E-state index in [2.05, 4.69) is 43.0 Å². The first-order chi connectivity index (χ1) is 8.80. The first-order valence-electron chi connectivity index (χ1n) is 6.93. The van der Waals surface area contributed by atoms with E-state index in [0.717, 1.165) is 24.6 Å². The Morgan fingerprint density at radius 2 is 2.00 bits per heavy atom. The molecule has 0 bridgehead atoms. The molecule has 0 aliphatic heterocycles. The molecule has 0 saturated carbocycles. The number of anilines is 1. The Balaban J connectivity index is 3.02. The largest absolute Gasteiger partial charge is 0.395 e. The molecule has 0 radical (unpaired) electrons. The van der Waals surface area contributed by atoms with Crippen LogP contribution in [0.3, 0.4) is 0 Å². The second-order valence-electron chi connectivity index (χ2n) is 5.92. The Labute approximate surface area is 116 Å². The molecular formula is C14H28N4O. The third-order valence-electron chi connectivity index (χ3n) is 3.16. The second kappa shape index (κ2) is 6.39. The van der Waals surface area contributed by atoms with Gasteiger partial charge < -0.3 is 15.3 Å². The zero-order valence-corrected chi connectivity index (χ0v) is 13.1. The number of hydrogen-bond acceptors (Lipinski definition) is 4. The fourth-order valence-electron chi connectivity index (χ4n) is 2.18. The fourth-order valence-corrected chi connectivity index (χ4v) is 2.18. The molecule has 19 heavy (non-hydrogen) atoms. The van der Waals surface area contributed by atoms with Crippen molar-refractivity contribution in [3.63, 3.8) is 0 Å². The van der Waals surface area contributed by atoms with Crippen LogP contribution in [0, 0.1) is 6.92 Å². The SMILES string of the molecule is CCN(CCO)c1c(CNC(C)(C)C)c(C)nn1C. The lowest BCUT2D eigenvalue weighted by molar-refractivity contribution is 0.301. The molecule has 0 saturated heterocycles. The molecule has 0 amide bonds. The normalized spacial score (nSPS) is 11.9. The molecule has 0 fully saturated rings. The van der Waals surface area contributed by atoms with Crippen molar-refractivity contribution in [2.24, 2.45) is 7.05 Å². The minimum Gasteiger partial charge on any atom is -0.395 e. The summed E-state index contributed by atoms with van der Waals surface area (Å²) in [5, 5.41) is 17.2. The lowest BCUT2D eigenvalue weighted by atomic mass is 10.1. The quantitative estimate of drug-likeness (QED) is 0.819. The van der Waals surface area contributed by atoms with Crippen molar-refractivity contribution in [3.8, 4) is 0 Å². The van der Waals surface area contributed by atoms with Crippen LogP contribution in [0.2, 0.25) is 0 Å². The van der Waals surface area contributed by atoms with E-state index in [4.69, 9.17) is 0 Å². The smallest absolute Gasteiger partial charge is 0.131 e. The summed E-state index contributed by atoms with van der Waals surface area (Å²) in [6.07, 6.45) is 0. The highest BCUT2D eigenvalue weighted by atomic mass is 16.3. The summed E-state index contributed by atoms with van der Waals surface area (Å²) in [6.45, 7) is 13.1. The molecule has 1 rings (SSSR count). The maximum absolute atomic E-state index is 9.19. The van der Waals surface area contributed by atoms with Gasteiger partial charge in [0.1, 0.15) is 5.82 Å². The topological polar surface area (TPSA) is 53.3 Å². The van der Waals surface area contributed by atoms with Crippen LogP contribution in [0.15, 0.2) is 0 Å². The van der Waals surface area contributed by atoms with Crippen molar-refractivity contribution in [3.05, 3.63) is 11.3 Å². The lowest BCUT2D eigenvalue weighted by Gasteiger charge is -2.25. The van der Waals surface area contributed by atoms with Crippen LogP contribution in [0.25, 0.3) is 0 Å². The van der Waals surface area contributed by atoms with Gasteiger partial charge >= 0.3 is 0 Å². The van der Waals surface area contributed by atoms with Gasteiger partial charge in [0.25, 0.3) is 0 Å². The van der Waals surface area contributed by atoms with E-state index in [1.807, 2.05) is 18.7 Å². The van der Waals surface area contributed by atoms with Crippen LogP contribution >= 0.6 is 0 Å². The number of aliphatic hydroxyl groups is 1. The number of nitrogens with zero attached hydrogens (tertiary/aromatic N) is 3. The van der Waals surface area contributed by atoms with Crippen molar-refractivity contribution in [1.82, 2.24) is 15.1 Å². The molecular weight excluding hydrogens is 240 g/mol. The van der Waals surface area contributed by atoms with Gasteiger partial charge in [-0.25, -0.2) is 0 Å². The van der Waals surface area contributed by atoms with Crippen molar-refractivity contribution in [2.45, 2.75) is 46.7 Å². The van der Waals surface area contributed by atoms with Crippen LogP contribution in [-0.4, -0.2) is 40.1 Å². The number of rotatable bonds is 6. The average Bonchev–Trinajstić information content (AvgIpc) is 2.57. The predicted molar refractivity (Wildman–Crippen MR) is 79.5 cm³/mol. The third-order valence-corrected chi connectivity index (χ3v) is 3.16. The van der Waals surface area contributed by atoms with Crippen LogP contribution in [0.1, 0.15) is 39.0 Å². The summed E-state index contributed by atoms with van der Waals surface area (Å²) < 4.78 is 1.91. The number of likely N-dealkylation sites (N-methyl/N-ethyl adjacent to an activating group) is 1. The first kappa shape index (κ1) is 16.0. The number of aryl methyl sites for hydroxylation is 2. The summed E-state index contributed by atoms with van der Waals surface area (Å²) in [6, 6.07) is 0. The molecule has 0 aliphatic carbocycles. The number of aromatic nitrogens is 2. The van der Waals surface area contributed by atoms with Crippen molar-refractivity contribution in [2.75, 3.05) is 24.6 Å². The molecule has 5 heteroatoms. The summed E-state index contributed by atoms with van der Waals surface area (Å²) in [5.74, 6) is 1.10. The van der Waals surface area contributed by atoms with Crippen molar-refractivity contribution in [1.29, 1.82) is 0 Å². The number of nitrogens with one attached hydrogen (secondary N) is 1. The molecule has 0 atom stereocenters. The highest BCUT2D eigenvalue weighted by Gasteiger charge is 2.19. The van der Waals surface area contributed by atoms with Gasteiger partial charge in [-0.3, -0.25) is 4.68 Å². The van der Waals surface area contributed by atoms with E-state index < -0.39 is 0 Å². The number of aliphatic hydroxyl groups excluding tert-OH is 1. The zero-order valence-electron chi connectivity index (χ0n) is 13.1. The molecule has 1 aromatic rings. The third kappa shape index (κ3) is 4.21. The van der Waals surface area contributed by atoms with Crippen molar-refractivity contribution >= 4 is 5.82 Å². The van der Waals surface area contributed by atoms with E-state index in [-0.39, 0.29) is 12.1 Å². The lowest BCUT2D eigenvalue weighted by Crippen LogP contribution is -2.36. The van der Waals surface area contributed by atoms with Gasteiger partial charge in [-0.1, -0.05) is 0 Å². The van der Waals surface area contributed by atoms with Gasteiger partial charge in [0.05, 0.1) is 12.3 Å². The maximum atomic E-state index is 9.19. The average molecular weight is 268 g/mol. The van der Waals surface area contributed by atoms with E-state index in [1.165, 1.54) is 5.56 Å². The second-order valence-corrected chi connectivity index (χ2v) is 5.92. The first-order valence-corrected chi connectivity index (χ1v) is 6.93. The summed E-state index contributed by atoms with van der Waals surface area (Å²) in [4.78, 5) is 2.17. The van der Waals surface area contributed by atoms with Gasteiger partial charge in [0.2, 0.25) is 0 Å². The minimum absolute atomic E-state index is 0.0770. The van der Waals surface area contributed by atoms with Crippen LogP contribution < -0.4 is 10.2 Å². The summed E-state index contributed by atoms with van der Waals surface area (Å²) in [7, 11) is 1.96. The molecule has 1 aromatic heterocycles. The standard InChI is InChI=1S/C14H28N4O/c1-7-18(8-9-19)13-12(10-15-14(3,4)5)11(2)16-17(13)6/h15,19H,7-10H2,1-6H3. The Morgan fingerprint density at radius 3 is 2.47 bits per heavy atom. The van der Waals surface area contributed by atoms with Crippen LogP contribution in [-0.2, 0) is 13.6 Å². The van der Waals surface area contributed by atoms with E-state index in [0.29, 0.717) is 6.54 Å². The maximum Gasteiger partial charge on any atom is 0.131 e. The minimum atomic E-state index is 0.0770. The van der Waals surface area contributed by atoms with Gasteiger partial charge in [0, 0.05) is 37.8 Å². The summed E-state index contributed by atoms with van der Waals surface area (Å²) >= 11 is 0. The zero-order chi connectivity index (χ0) is 14.6. The fraction of sp³-hybridized carbons (Fsp3) is 0.786. The molecule has 0 unspecified atom stereocenters. The highest BCUT2D eigenvalue weighted by Crippen LogP contribution is 2.23. The van der Waals surface area contributed by atoms with Crippen LogP contribution in [0.5, 0.6) is 0 Å². The van der Waals surface area contributed by atoms with Gasteiger partial charge in [0.15, 0.2) is 0 Å². The molecule has 0 aromatic carbocycles. The Hall–Kier alpha value is -1.07. The molecule has 0 spiro atoms. The highest BCUT2D eigenvalue weighted by molar-refractivity contribution is 5.50. The molecule has 5 nitrogen and oxygen atoms in total. The van der Waals surface area contributed by atoms with Gasteiger partial charge in [-0.15, -0.1) is 0 Å². The van der Waals surface area contributed by atoms with Crippen molar-refractivity contribution < 1.29 is 5.11 Å².